The first-order valence-electron chi connectivity index (χ1n) is 9.12. The van der Waals surface area contributed by atoms with E-state index >= 15 is 0 Å². The molecule has 0 atom stereocenters. The fourth-order valence-corrected chi connectivity index (χ4v) is 1.52. The van der Waals surface area contributed by atoms with Gasteiger partial charge in [-0.3, -0.25) is 0 Å². The van der Waals surface area contributed by atoms with E-state index in [1.807, 2.05) is 59.8 Å². The summed E-state index contributed by atoms with van der Waals surface area (Å²) < 4.78 is 3.61. The van der Waals surface area contributed by atoms with Crippen LogP contribution in [0.4, 0.5) is 0 Å². The molecule has 0 aromatic heterocycles. The first kappa shape index (κ1) is 70.0. The van der Waals surface area contributed by atoms with Crippen LogP contribution in [0.1, 0.15) is 55.4 Å². The molecule has 0 bridgehead atoms. The summed E-state index contributed by atoms with van der Waals surface area (Å²) in [5, 5.41) is 14.0. The molecule has 0 unspecified atom stereocenters. The van der Waals surface area contributed by atoms with E-state index in [2.05, 4.69) is 6.92 Å². The molecule has 0 aliphatic carbocycles. The van der Waals surface area contributed by atoms with Crippen molar-refractivity contribution in [3.63, 3.8) is 0 Å². The molecule has 0 heterocycles. The summed E-state index contributed by atoms with van der Waals surface area (Å²) in [6.45, 7) is 29.3. The Labute approximate surface area is 284 Å². The molecule has 0 aromatic carbocycles. The van der Waals surface area contributed by atoms with Crippen molar-refractivity contribution in [3.05, 3.63) is 55.5 Å². The molecule has 0 aliphatic rings. The van der Waals surface area contributed by atoms with E-state index in [-0.39, 0.29) is 95.3 Å². The second-order valence-corrected chi connectivity index (χ2v) is 4.23. The number of aliphatic hydroxyl groups is 2. The molecule has 0 rings (SSSR count). The van der Waals surface area contributed by atoms with Gasteiger partial charge in [0.1, 0.15) is 0 Å². The summed E-state index contributed by atoms with van der Waals surface area (Å²) in [4.78, 5) is 20.2. The Balaban J connectivity index is -0.0000000196. The van der Waals surface area contributed by atoms with Crippen LogP contribution in [-0.4, -0.2) is 45.3 Å². The molecule has 0 spiro atoms. The van der Waals surface area contributed by atoms with Crippen LogP contribution in [0.15, 0.2) is 35.5 Å². The summed E-state index contributed by atoms with van der Waals surface area (Å²) in [6.07, 6.45) is 7.65. The van der Waals surface area contributed by atoms with Gasteiger partial charge in [-0.25, -0.2) is 0 Å². The van der Waals surface area contributed by atoms with E-state index < -0.39 is 0 Å². The molecule has 185 valence electrons. The zero-order chi connectivity index (χ0) is 25.7. The van der Waals surface area contributed by atoms with Crippen LogP contribution in [0.25, 0.3) is 0 Å². The van der Waals surface area contributed by atoms with Crippen LogP contribution >= 0.6 is 0 Å². The molecule has 0 saturated carbocycles. The first-order chi connectivity index (χ1) is 14.0. The summed E-state index contributed by atoms with van der Waals surface area (Å²) in [5.74, 6) is -0.188. The van der Waals surface area contributed by atoms with Crippen molar-refractivity contribution in [2.24, 2.45) is 0 Å². The van der Waals surface area contributed by atoms with E-state index in [1.54, 1.807) is 22.8 Å². The van der Waals surface area contributed by atoms with Gasteiger partial charge in [0.25, 0.3) is 0 Å². The van der Waals surface area contributed by atoms with Gasteiger partial charge in [0.05, 0.1) is 0 Å². The van der Waals surface area contributed by atoms with Crippen LogP contribution in [0.2, 0.25) is 0 Å². The van der Waals surface area contributed by atoms with E-state index in [0.717, 1.165) is 14.2 Å². The van der Waals surface area contributed by atoms with Crippen molar-refractivity contribution in [2.75, 3.05) is 14.2 Å². The fourth-order valence-electron chi connectivity index (χ4n) is 0.479. The smallest absolute Gasteiger partial charge is 0 e. The van der Waals surface area contributed by atoms with E-state index in [1.165, 1.54) is 50.9 Å². The third-order valence-electron chi connectivity index (χ3n) is 1.20. The Kier molecular flexibility index (Phi) is 228. The van der Waals surface area contributed by atoms with Gasteiger partial charge in [0, 0.05) is 98.2 Å². The summed E-state index contributed by atoms with van der Waals surface area (Å²) >= 11 is 2.55. The Morgan fingerprint density at radius 1 is 0.906 bits per heavy atom. The number of aliphatic hydroxyl groups excluding tert-OH is 2. The molecular formula is C23H42O4VW2Y2-4. The molecule has 9 heteroatoms. The van der Waals surface area contributed by atoms with Crippen molar-refractivity contribution in [1.29, 1.82) is 0 Å². The Morgan fingerprint density at radius 3 is 1.34 bits per heavy atom. The second kappa shape index (κ2) is 104. The van der Waals surface area contributed by atoms with Gasteiger partial charge in [-0.2, -0.15) is 0 Å². The minimum Gasteiger partial charge on any atom is 0 e. The Bertz CT molecular complexity index is 403. The molecule has 0 amide bonds. The monoisotopic (exact) mass is 979 g/mol. The zero-order valence-electron chi connectivity index (χ0n) is 21.5. The SMILES string of the molecule is CC.CC.CC.CC.CO.CO.[CH-]=C([C-]=O)C=C[CH]=[W].[CH-]=CC=C([CH]=[W])C([CH2-])=O.[V].[Y].[Y]. The normalized spacial score (nSPS) is 6.31. The van der Waals surface area contributed by atoms with Gasteiger partial charge in [0.2, 0.25) is 0 Å². The van der Waals surface area contributed by atoms with Crippen molar-refractivity contribution in [3.8, 4) is 0 Å². The molecule has 0 aliphatic heterocycles. The maximum Gasteiger partial charge on any atom is 0 e. The molecule has 0 fully saturated rings. The molecule has 32 heavy (non-hydrogen) atoms. The minimum atomic E-state index is -0.188. The molecule has 2 N–H and O–H groups in total. The van der Waals surface area contributed by atoms with Crippen LogP contribution in [0.5, 0.6) is 0 Å². The standard InChI is InChI=1S/C7H6O.C6H4O.4C2H6.2CH4O.V.2W.2Y/c1-4-5-6(2)7(3)8;1-3-4-6(2)5-7;6*1-2;;;;;/h1-2,4-5H,3H2;1-4H;4*1-2H3;2*2H,1H3;;;;;/q2*-2;;;;;;;;;;;. The third-order valence-corrected chi connectivity index (χ3v) is 2.67. The number of ketones is 1. The Hall–Kier alpha value is 2.00. The fraction of sp³-hybridized carbons (Fsp3) is 0.435. The largest absolute Gasteiger partial charge is 0 e. The number of rotatable bonds is 6. The number of allylic oxidation sites excluding steroid dienone is 6. The van der Waals surface area contributed by atoms with Gasteiger partial charge in [-0.1, -0.05) is 55.4 Å². The van der Waals surface area contributed by atoms with Crippen molar-refractivity contribution < 1.29 is 142 Å². The average molecular weight is 979 g/mol. The number of carbonyl (C=O) groups excluding carboxylic acids is 2. The number of hydrogen-bond donors (Lipinski definition) is 2. The quantitative estimate of drug-likeness (QED) is 0.237. The molecular weight excluding hydrogens is 937 g/mol. The van der Waals surface area contributed by atoms with Crippen LogP contribution in [-0.2, 0) is 132 Å². The van der Waals surface area contributed by atoms with E-state index in [4.69, 9.17) is 23.4 Å². The number of Topliss-reactive ketones (excluding diaryl/α,β-unsaturated/α-hetero) is 1. The van der Waals surface area contributed by atoms with Gasteiger partial charge in [-0.05, 0) is 0 Å². The van der Waals surface area contributed by atoms with Gasteiger partial charge in [0.15, 0.2) is 0 Å². The minimum absolute atomic E-state index is 0. The maximum atomic E-state index is 10.5. The van der Waals surface area contributed by atoms with Crippen LogP contribution < -0.4 is 0 Å². The van der Waals surface area contributed by atoms with Crippen molar-refractivity contribution in [1.82, 2.24) is 0 Å². The van der Waals surface area contributed by atoms with Gasteiger partial charge < -0.3 is 10.2 Å². The number of hydrogen-bond acceptors (Lipinski definition) is 4. The van der Waals surface area contributed by atoms with Crippen LogP contribution in [0.3, 0.4) is 0 Å². The second-order valence-electron chi connectivity index (χ2n) is 2.41. The molecule has 4 nitrogen and oxygen atoms in total. The third kappa shape index (κ3) is 106. The molecule has 0 saturated heterocycles. The summed E-state index contributed by atoms with van der Waals surface area (Å²) in [6, 6.07) is 0. The average Bonchev–Trinajstić information content (AvgIpc) is 2.83. The van der Waals surface area contributed by atoms with E-state index in [9.17, 15) is 9.59 Å². The predicted molar refractivity (Wildman–Crippen MR) is 124 cm³/mol. The van der Waals surface area contributed by atoms with Gasteiger partial charge >= 0.3 is 125 Å². The molecule has 0 aromatic rings. The summed E-state index contributed by atoms with van der Waals surface area (Å²) in [5.41, 5.74) is 0.718. The number of carbonyl (C=O) groups is 1. The van der Waals surface area contributed by atoms with E-state index in [0.29, 0.717) is 5.57 Å². The zero-order valence-corrected chi connectivity index (χ0v) is 34.4. The molecule has 3 radical (unpaired) electrons. The first-order valence-corrected chi connectivity index (χ1v) is 12.5. The summed E-state index contributed by atoms with van der Waals surface area (Å²) in [7, 11) is 2.00. The maximum absolute atomic E-state index is 10.5. The Morgan fingerprint density at radius 2 is 1.22 bits per heavy atom. The van der Waals surface area contributed by atoms with Gasteiger partial charge in [-0.15, -0.1) is 0 Å². The topological polar surface area (TPSA) is 74.6 Å². The van der Waals surface area contributed by atoms with Crippen molar-refractivity contribution >= 4 is 20.9 Å². The predicted octanol–water partition coefficient (Wildman–Crippen LogP) is 4.33. The van der Waals surface area contributed by atoms with Crippen molar-refractivity contribution in [2.45, 2.75) is 55.4 Å². The van der Waals surface area contributed by atoms with Crippen LogP contribution in [0, 0.1) is 20.1 Å².